The predicted octanol–water partition coefficient (Wildman–Crippen LogP) is 3.01. The first kappa shape index (κ1) is 12.7. The number of thiophene rings is 1. The molecule has 0 bridgehead atoms. The lowest BCUT2D eigenvalue weighted by Crippen LogP contribution is -2.22. The molecule has 0 atom stereocenters. The standard InChI is InChI=1S/C13H10INO3S/c14-11-4-9(6-19-11)13(16)15-5-8-2-1-3-10-12(8)18-7-17-10/h1-4,6H,5,7H2,(H,15,16). The zero-order chi connectivity index (χ0) is 13.2. The van der Waals surface area contributed by atoms with E-state index in [-0.39, 0.29) is 12.7 Å². The van der Waals surface area contributed by atoms with Crippen LogP contribution >= 0.6 is 33.9 Å². The third-order valence-corrected chi connectivity index (χ3v) is 4.54. The van der Waals surface area contributed by atoms with Crippen LogP contribution in [0.1, 0.15) is 15.9 Å². The number of amides is 1. The van der Waals surface area contributed by atoms with Crippen molar-refractivity contribution < 1.29 is 14.3 Å². The van der Waals surface area contributed by atoms with E-state index >= 15 is 0 Å². The maximum atomic E-state index is 12.0. The summed E-state index contributed by atoms with van der Waals surface area (Å²) in [6, 6.07) is 7.54. The molecule has 3 rings (SSSR count). The number of hydrogen-bond donors (Lipinski definition) is 1. The van der Waals surface area contributed by atoms with Gasteiger partial charge in [0.1, 0.15) is 0 Å². The highest BCUT2D eigenvalue weighted by Crippen LogP contribution is 2.35. The number of carbonyl (C=O) groups is 1. The van der Waals surface area contributed by atoms with Gasteiger partial charge in [0.25, 0.3) is 5.91 Å². The van der Waals surface area contributed by atoms with Crippen LogP contribution < -0.4 is 14.8 Å². The van der Waals surface area contributed by atoms with Crippen molar-refractivity contribution >= 4 is 39.8 Å². The Morgan fingerprint density at radius 1 is 1.42 bits per heavy atom. The molecule has 0 unspecified atom stereocenters. The van der Waals surface area contributed by atoms with Gasteiger partial charge in [-0.25, -0.2) is 0 Å². The molecular weight excluding hydrogens is 377 g/mol. The first-order chi connectivity index (χ1) is 9.24. The van der Waals surface area contributed by atoms with Crippen molar-refractivity contribution in [2.45, 2.75) is 6.54 Å². The highest BCUT2D eigenvalue weighted by Gasteiger charge is 2.17. The number of para-hydroxylation sites is 1. The lowest BCUT2D eigenvalue weighted by molar-refractivity contribution is 0.0951. The van der Waals surface area contributed by atoms with Gasteiger partial charge in [-0.2, -0.15) is 0 Å². The first-order valence-corrected chi connectivity index (χ1v) is 7.59. The molecule has 1 aromatic carbocycles. The van der Waals surface area contributed by atoms with E-state index in [1.807, 2.05) is 29.6 Å². The Kier molecular flexibility index (Phi) is 3.61. The van der Waals surface area contributed by atoms with Crippen molar-refractivity contribution in [1.82, 2.24) is 5.32 Å². The summed E-state index contributed by atoms with van der Waals surface area (Å²) in [6.45, 7) is 0.667. The van der Waals surface area contributed by atoms with Gasteiger partial charge in [-0.05, 0) is 34.7 Å². The average molecular weight is 387 g/mol. The van der Waals surface area contributed by atoms with E-state index in [0.29, 0.717) is 12.1 Å². The third kappa shape index (κ3) is 2.69. The molecule has 0 saturated carbocycles. The van der Waals surface area contributed by atoms with Gasteiger partial charge in [-0.15, -0.1) is 11.3 Å². The third-order valence-electron chi connectivity index (χ3n) is 2.75. The lowest BCUT2D eigenvalue weighted by atomic mass is 10.2. The molecule has 2 aromatic rings. The molecule has 0 radical (unpaired) electrons. The van der Waals surface area contributed by atoms with E-state index in [0.717, 1.165) is 19.9 Å². The number of nitrogens with one attached hydrogen (secondary N) is 1. The number of halogens is 1. The summed E-state index contributed by atoms with van der Waals surface area (Å²) in [7, 11) is 0. The average Bonchev–Trinajstić information content (AvgIpc) is 3.04. The Bertz CT molecular complexity index is 626. The molecular formula is C13H10INO3S. The van der Waals surface area contributed by atoms with Gasteiger partial charge in [0.2, 0.25) is 6.79 Å². The minimum atomic E-state index is -0.0734. The molecule has 1 aromatic heterocycles. The summed E-state index contributed by atoms with van der Waals surface area (Å²) in [6.07, 6.45) is 0. The number of ether oxygens (including phenoxy) is 2. The Morgan fingerprint density at radius 2 is 2.32 bits per heavy atom. The number of carbonyl (C=O) groups excluding carboxylic acids is 1. The van der Waals surface area contributed by atoms with Gasteiger partial charge in [-0.1, -0.05) is 12.1 Å². The number of benzene rings is 1. The van der Waals surface area contributed by atoms with Crippen LogP contribution in [0.25, 0.3) is 0 Å². The van der Waals surface area contributed by atoms with Crippen molar-refractivity contribution in [3.8, 4) is 11.5 Å². The quantitative estimate of drug-likeness (QED) is 0.824. The molecule has 0 saturated heterocycles. The molecule has 1 aliphatic rings. The van der Waals surface area contributed by atoms with E-state index in [1.54, 1.807) is 11.3 Å². The summed E-state index contributed by atoms with van der Waals surface area (Å²) < 4.78 is 11.8. The Balaban J connectivity index is 1.70. The fraction of sp³-hybridized carbons (Fsp3) is 0.154. The molecule has 4 nitrogen and oxygen atoms in total. The normalized spacial score (nSPS) is 12.5. The van der Waals surface area contributed by atoms with Crippen LogP contribution in [-0.4, -0.2) is 12.7 Å². The van der Waals surface area contributed by atoms with E-state index < -0.39 is 0 Å². The van der Waals surface area contributed by atoms with E-state index in [1.165, 1.54) is 0 Å². The highest BCUT2D eigenvalue weighted by molar-refractivity contribution is 14.1. The van der Waals surface area contributed by atoms with Gasteiger partial charge in [0.15, 0.2) is 11.5 Å². The lowest BCUT2D eigenvalue weighted by Gasteiger charge is -2.07. The maximum Gasteiger partial charge on any atom is 0.252 e. The van der Waals surface area contributed by atoms with Gasteiger partial charge >= 0.3 is 0 Å². The molecule has 1 aliphatic heterocycles. The molecule has 2 heterocycles. The van der Waals surface area contributed by atoms with Crippen LogP contribution in [0.5, 0.6) is 11.5 Å². The van der Waals surface area contributed by atoms with Crippen LogP contribution in [-0.2, 0) is 6.54 Å². The van der Waals surface area contributed by atoms with Gasteiger partial charge in [-0.3, -0.25) is 4.79 Å². The number of rotatable bonds is 3. The second kappa shape index (κ2) is 5.38. The van der Waals surface area contributed by atoms with Crippen molar-refractivity contribution in [3.63, 3.8) is 0 Å². The Hall–Kier alpha value is -1.28. The van der Waals surface area contributed by atoms with Gasteiger partial charge in [0.05, 0.1) is 8.45 Å². The SMILES string of the molecule is O=C(NCc1cccc2c1OCO2)c1csc(I)c1. The predicted molar refractivity (Wildman–Crippen MR) is 80.8 cm³/mol. The van der Waals surface area contributed by atoms with E-state index in [9.17, 15) is 4.79 Å². The Labute approximate surface area is 127 Å². The minimum Gasteiger partial charge on any atom is -0.454 e. The fourth-order valence-corrected chi connectivity index (χ4v) is 3.16. The Morgan fingerprint density at radius 3 is 3.11 bits per heavy atom. The van der Waals surface area contributed by atoms with Crippen molar-refractivity contribution in [2.75, 3.05) is 6.79 Å². The van der Waals surface area contributed by atoms with Gasteiger partial charge in [0, 0.05) is 17.5 Å². The molecule has 0 spiro atoms. The largest absolute Gasteiger partial charge is 0.454 e. The zero-order valence-electron chi connectivity index (χ0n) is 9.81. The summed E-state index contributed by atoms with van der Waals surface area (Å²) >= 11 is 3.76. The van der Waals surface area contributed by atoms with Crippen LogP contribution in [0.3, 0.4) is 0 Å². The molecule has 1 amide bonds. The first-order valence-electron chi connectivity index (χ1n) is 5.64. The smallest absolute Gasteiger partial charge is 0.252 e. The monoisotopic (exact) mass is 387 g/mol. The molecule has 0 aliphatic carbocycles. The topological polar surface area (TPSA) is 47.6 Å². The molecule has 1 N–H and O–H groups in total. The molecule has 0 fully saturated rings. The van der Waals surface area contributed by atoms with Gasteiger partial charge < -0.3 is 14.8 Å². The summed E-state index contributed by atoms with van der Waals surface area (Å²) in [5, 5.41) is 4.74. The van der Waals surface area contributed by atoms with E-state index in [4.69, 9.17) is 9.47 Å². The molecule has 19 heavy (non-hydrogen) atoms. The maximum absolute atomic E-state index is 12.0. The fourth-order valence-electron chi connectivity index (χ4n) is 1.84. The number of hydrogen-bond acceptors (Lipinski definition) is 4. The van der Waals surface area contributed by atoms with Crippen LogP contribution in [0, 0.1) is 2.88 Å². The van der Waals surface area contributed by atoms with Crippen molar-refractivity contribution in [1.29, 1.82) is 0 Å². The molecule has 6 heteroatoms. The van der Waals surface area contributed by atoms with Crippen molar-refractivity contribution in [3.05, 3.63) is 43.7 Å². The molecule has 98 valence electrons. The zero-order valence-corrected chi connectivity index (χ0v) is 12.8. The van der Waals surface area contributed by atoms with E-state index in [2.05, 4.69) is 27.9 Å². The second-order valence-electron chi connectivity index (χ2n) is 3.97. The number of fused-ring (bicyclic) bond motifs is 1. The minimum absolute atomic E-state index is 0.0734. The summed E-state index contributed by atoms with van der Waals surface area (Å²) in [5.41, 5.74) is 1.62. The summed E-state index contributed by atoms with van der Waals surface area (Å²) in [5.74, 6) is 1.38. The highest BCUT2D eigenvalue weighted by atomic mass is 127. The van der Waals surface area contributed by atoms with Crippen LogP contribution in [0.15, 0.2) is 29.6 Å². The van der Waals surface area contributed by atoms with Crippen LogP contribution in [0.2, 0.25) is 0 Å². The van der Waals surface area contributed by atoms with Crippen LogP contribution in [0.4, 0.5) is 0 Å². The summed E-state index contributed by atoms with van der Waals surface area (Å²) in [4.78, 5) is 12.0. The second-order valence-corrected chi connectivity index (χ2v) is 6.78. The van der Waals surface area contributed by atoms with Crippen molar-refractivity contribution in [2.24, 2.45) is 0 Å².